The fourth-order valence-corrected chi connectivity index (χ4v) is 3.23. The van der Waals surface area contributed by atoms with E-state index in [0.29, 0.717) is 0 Å². The molecule has 2 heterocycles. The van der Waals surface area contributed by atoms with Gasteiger partial charge in [-0.1, -0.05) is 36.4 Å². The zero-order chi connectivity index (χ0) is 15.8. The number of nitrogens with zero attached hydrogens (tertiary/aromatic N) is 2. The molecule has 1 aliphatic rings. The first-order valence-corrected chi connectivity index (χ1v) is 7.89. The average Bonchev–Trinajstić information content (AvgIpc) is 2.98. The summed E-state index contributed by atoms with van der Waals surface area (Å²) in [6, 6.07) is 16.9. The van der Waals surface area contributed by atoms with Crippen LogP contribution < -0.4 is 0 Å². The van der Waals surface area contributed by atoms with Crippen molar-refractivity contribution >= 4 is 16.8 Å². The Morgan fingerprint density at radius 2 is 1.87 bits per heavy atom. The summed E-state index contributed by atoms with van der Waals surface area (Å²) in [6.45, 7) is 3.10. The van der Waals surface area contributed by atoms with Gasteiger partial charge in [0.05, 0.1) is 5.52 Å². The van der Waals surface area contributed by atoms with Crippen LogP contribution in [0.5, 0.6) is 0 Å². The predicted molar refractivity (Wildman–Crippen MR) is 90.9 cm³/mol. The van der Waals surface area contributed by atoms with Crippen LogP contribution in [0.1, 0.15) is 29.2 Å². The number of rotatable bonds is 2. The van der Waals surface area contributed by atoms with Crippen LogP contribution in [0, 0.1) is 0 Å². The summed E-state index contributed by atoms with van der Waals surface area (Å²) in [5.74, 6) is 0.140. The Morgan fingerprint density at radius 1 is 1.04 bits per heavy atom. The van der Waals surface area contributed by atoms with Crippen LogP contribution in [0.3, 0.4) is 0 Å². The maximum atomic E-state index is 11.5. The molecule has 4 rings (SSSR count). The lowest BCUT2D eigenvalue weighted by atomic mass is 10.0. The number of pyridine rings is 1. The van der Waals surface area contributed by atoms with Gasteiger partial charge in [-0.2, -0.15) is 0 Å². The lowest BCUT2D eigenvalue weighted by molar-refractivity contribution is -0.129. The Morgan fingerprint density at radius 3 is 2.74 bits per heavy atom. The van der Waals surface area contributed by atoms with Gasteiger partial charge in [0.1, 0.15) is 0 Å². The first-order chi connectivity index (χ1) is 11.2. The highest BCUT2D eigenvalue weighted by atomic mass is 16.2. The average molecular weight is 302 g/mol. The molecule has 3 nitrogen and oxygen atoms in total. The molecule has 0 N–H and O–H groups in total. The number of fused-ring (bicyclic) bond motifs is 2. The minimum Gasteiger partial charge on any atom is -0.334 e. The van der Waals surface area contributed by atoms with Gasteiger partial charge in [0.15, 0.2) is 0 Å². The maximum absolute atomic E-state index is 11.5. The standard InChI is InChI=1S/C20H18N2O/c1-14(23)22-12-18-7-6-15(9-19(18)13-22)8-16-10-17-4-2-3-5-20(17)21-11-16/h2-7,9-11H,8,12-13H2,1H3. The third kappa shape index (κ3) is 2.70. The summed E-state index contributed by atoms with van der Waals surface area (Å²) >= 11 is 0. The van der Waals surface area contributed by atoms with Crippen molar-refractivity contribution in [1.82, 2.24) is 9.88 Å². The number of aromatic nitrogens is 1. The SMILES string of the molecule is CC(=O)N1Cc2ccc(Cc3cnc4ccccc4c3)cc2C1. The van der Waals surface area contributed by atoms with Crippen molar-refractivity contribution in [3.8, 4) is 0 Å². The van der Waals surface area contributed by atoms with Gasteiger partial charge < -0.3 is 4.90 Å². The smallest absolute Gasteiger partial charge is 0.220 e. The third-order valence-corrected chi connectivity index (χ3v) is 4.49. The molecule has 114 valence electrons. The molecule has 0 fully saturated rings. The van der Waals surface area contributed by atoms with E-state index < -0.39 is 0 Å². The fraction of sp³-hybridized carbons (Fsp3) is 0.200. The first-order valence-electron chi connectivity index (χ1n) is 7.89. The minimum absolute atomic E-state index is 0.140. The summed E-state index contributed by atoms with van der Waals surface area (Å²) in [7, 11) is 0. The van der Waals surface area contributed by atoms with Crippen molar-refractivity contribution in [2.24, 2.45) is 0 Å². The first kappa shape index (κ1) is 13.9. The Labute approximate surface area is 135 Å². The molecule has 3 heteroatoms. The van der Waals surface area contributed by atoms with Gasteiger partial charge in [-0.3, -0.25) is 9.78 Å². The molecule has 0 saturated carbocycles. The van der Waals surface area contributed by atoms with Crippen molar-refractivity contribution in [1.29, 1.82) is 0 Å². The van der Waals surface area contributed by atoms with Crippen LogP contribution in [0.2, 0.25) is 0 Å². The Hall–Kier alpha value is -2.68. The largest absolute Gasteiger partial charge is 0.334 e. The molecule has 0 unspecified atom stereocenters. The zero-order valence-electron chi connectivity index (χ0n) is 13.1. The van der Waals surface area contributed by atoms with Gasteiger partial charge in [-0.25, -0.2) is 0 Å². The van der Waals surface area contributed by atoms with Crippen LogP contribution >= 0.6 is 0 Å². The molecule has 2 aromatic carbocycles. The van der Waals surface area contributed by atoms with Gasteiger partial charge in [-0.05, 0) is 40.8 Å². The molecule has 1 amide bonds. The molecule has 0 aliphatic carbocycles. The van der Waals surface area contributed by atoms with Crippen molar-refractivity contribution < 1.29 is 4.79 Å². The number of carbonyl (C=O) groups is 1. The summed E-state index contributed by atoms with van der Waals surface area (Å²) in [5, 5.41) is 1.17. The maximum Gasteiger partial charge on any atom is 0.220 e. The van der Waals surface area contributed by atoms with Gasteiger partial charge in [0.2, 0.25) is 5.91 Å². The minimum atomic E-state index is 0.140. The van der Waals surface area contributed by atoms with Crippen LogP contribution in [0.15, 0.2) is 54.7 Å². The van der Waals surface area contributed by atoms with Crippen LogP contribution in [-0.2, 0) is 24.3 Å². The predicted octanol–water partition coefficient (Wildman–Crippen LogP) is 3.69. The molecule has 3 aromatic rings. The number of hydrogen-bond acceptors (Lipinski definition) is 2. The monoisotopic (exact) mass is 302 g/mol. The summed E-state index contributed by atoms with van der Waals surface area (Å²) in [4.78, 5) is 17.9. The highest BCUT2D eigenvalue weighted by Crippen LogP contribution is 2.25. The number of para-hydroxylation sites is 1. The van der Waals surface area contributed by atoms with E-state index in [1.54, 1.807) is 6.92 Å². The highest BCUT2D eigenvalue weighted by Gasteiger charge is 2.20. The zero-order valence-corrected chi connectivity index (χ0v) is 13.1. The molecular formula is C20H18N2O. The Bertz CT molecular complexity index is 901. The van der Waals surface area contributed by atoms with E-state index >= 15 is 0 Å². The van der Waals surface area contributed by atoms with E-state index in [1.165, 1.54) is 27.6 Å². The molecule has 1 aromatic heterocycles. The van der Waals surface area contributed by atoms with Crippen molar-refractivity contribution in [2.75, 3.05) is 0 Å². The van der Waals surface area contributed by atoms with E-state index in [4.69, 9.17) is 0 Å². The van der Waals surface area contributed by atoms with Crippen molar-refractivity contribution in [3.05, 3.63) is 77.0 Å². The number of hydrogen-bond donors (Lipinski definition) is 0. The van der Waals surface area contributed by atoms with Crippen molar-refractivity contribution in [3.63, 3.8) is 0 Å². The molecule has 1 aliphatic heterocycles. The van der Waals surface area contributed by atoms with Gasteiger partial charge >= 0.3 is 0 Å². The molecule has 0 saturated heterocycles. The third-order valence-electron chi connectivity index (χ3n) is 4.49. The molecule has 0 spiro atoms. The van der Waals surface area contributed by atoms with E-state index in [2.05, 4.69) is 35.3 Å². The summed E-state index contributed by atoms with van der Waals surface area (Å²) in [5.41, 5.74) is 6.05. The van der Waals surface area contributed by atoms with Crippen LogP contribution in [-0.4, -0.2) is 15.8 Å². The van der Waals surface area contributed by atoms with E-state index in [-0.39, 0.29) is 5.91 Å². The number of carbonyl (C=O) groups excluding carboxylic acids is 1. The molecule has 23 heavy (non-hydrogen) atoms. The van der Waals surface area contributed by atoms with Gasteiger partial charge in [0.25, 0.3) is 0 Å². The number of amides is 1. The van der Waals surface area contributed by atoms with Gasteiger partial charge in [-0.15, -0.1) is 0 Å². The topological polar surface area (TPSA) is 33.2 Å². The van der Waals surface area contributed by atoms with Crippen molar-refractivity contribution in [2.45, 2.75) is 26.4 Å². The summed E-state index contributed by atoms with van der Waals surface area (Å²) in [6.07, 6.45) is 2.82. The Kier molecular flexibility index (Phi) is 3.34. The summed E-state index contributed by atoms with van der Waals surface area (Å²) < 4.78 is 0. The van der Waals surface area contributed by atoms with E-state index in [1.807, 2.05) is 29.3 Å². The normalized spacial score (nSPS) is 13.3. The van der Waals surface area contributed by atoms with E-state index in [9.17, 15) is 4.79 Å². The lowest BCUT2D eigenvalue weighted by Gasteiger charge is -2.11. The Balaban J connectivity index is 1.60. The second-order valence-corrected chi connectivity index (χ2v) is 6.19. The lowest BCUT2D eigenvalue weighted by Crippen LogP contribution is -2.21. The molecular weight excluding hydrogens is 284 g/mol. The van der Waals surface area contributed by atoms with Crippen LogP contribution in [0.4, 0.5) is 0 Å². The molecule has 0 atom stereocenters. The van der Waals surface area contributed by atoms with Crippen LogP contribution in [0.25, 0.3) is 10.9 Å². The fourth-order valence-electron chi connectivity index (χ4n) is 3.23. The second kappa shape index (κ2) is 5.51. The second-order valence-electron chi connectivity index (χ2n) is 6.19. The quantitative estimate of drug-likeness (QED) is 0.723. The highest BCUT2D eigenvalue weighted by molar-refractivity contribution is 5.78. The van der Waals surface area contributed by atoms with Gasteiger partial charge in [0, 0.05) is 31.6 Å². The molecule has 0 bridgehead atoms. The molecule has 0 radical (unpaired) electrons. The van der Waals surface area contributed by atoms with E-state index in [0.717, 1.165) is 25.0 Å². The number of benzene rings is 2.